The van der Waals surface area contributed by atoms with Crippen LogP contribution in [0.4, 0.5) is 0 Å². The van der Waals surface area contributed by atoms with Crippen LogP contribution in [0.15, 0.2) is 36.4 Å². The van der Waals surface area contributed by atoms with Crippen molar-refractivity contribution in [3.05, 3.63) is 47.5 Å². The summed E-state index contributed by atoms with van der Waals surface area (Å²) in [6.07, 6.45) is 3.01. The van der Waals surface area contributed by atoms with Crippen LogP contribution in [0, 0.1) is 0 Å². The first-order valence-electron chi connectivity index (χ1n) is 11.4. The molecule has 2 aromatic rings. The van der Waals surface area contributed by atoms with Gasteiger partial charge in [-0.05, 0) is 69.1 Å². The molecule has 0 saturated carbocycles. The number of carboxylic acids is 1. The predicted octanol–water partition coefficient (Wildman–Crippen LogP) is 4.13. The second kappa shape index (κ2) is 15.8. The number of hydrogen-bond donors (Lipinski definition) is 2. The number of aliphatic hydroxyl groups is 1. The topological polar surface area (TPSA) is 97.7 Å². The molecule has 0 spiro atoms. The smallest absolute Gasteiger partial charge is 0.335 e. The molecule has 1 atom stereocenters. The fourth-order valence-corrected chi connectivity index (χ4v) is 3.55. The quantitative estimate of drug-likeness (QED) is 0.416. The summed E-state index contributed by atoms with van der Waals surface area (Å²) in [7, 11) is 6.02. The Labute approximate surface area is 203 Å². The van der Waals surface area contributed by atoms with Crippen molar-refractivity contribution in [3.8, 4) is 23.0 Å². The van der Waals surface area contributed by atoms with Crippen LogP contribution in [-0.4, -0.2) is 75.3 Å². The van der Waals surface area contributed by atoms with E-state index in [9.17, 15) is 4.79 Å². The second-order valence-electron chi connectivity index (χ2n) is 7.68. The van der Waals surface area contributed by atoms with Gasteiger partial charge in [0.05, 0.1) is 34.0 Å². The SMILES string of the molecule is CCN(CCCCO)C(C)Cc1ccc(OC)cc1.COc1cc(C(=O)O)cc(OC)c1OC. The number of aromatic carboxylic acids is 1. The molecule has 34 heavy (non-hydrogen) atoms. The molecule has 8 heteroatoms. The van der Waals surface area contributed by atoms with Crippen LogP contribution >= 0.6 is 0 Å². The number of aliphatic hydroxyl groups excluding tert-OH is 1. The van der Waals surface area contributed by atoms with Gasteiger partial charge in [0.2, 0.25) is 5.75 Å². The number of methoxy groups -OCH3 is 4. The fraction of sp³-hybridized carbons (Fsp3) is 0.500. The predicted molar refractivity (Wildman–Crippen MR) is 133 cm³/mol. The maximum absolute atomic E-state index is 10.8. The molecule has 0 heterocycles. The third kappa shape index (κ3) is 9.11. The highest BCUT2D eigenvalue weighted by Crippen LogP contribution is 2.38. The minimum absolute atomic E-state index is 0.0875. The van der Waals surface area contributed by atoms with E-state index in [1.807, 2.05) is 12.1 Å². The Morgan fingerprint density at radius 1 is 0.941 bits per heavy atom. The van der Waals surface area contributed by atoms with E-state index in [0.717, 1.165) is 38.1 Å². The van der Waals surface area contributed by atoms with Gasteiger partial charge in [0.15, 0.2) is 11.5 Å². The van der Waals surface area contributed by atoms with E-state index in [1.165, 1.54) is 39.0 Å². The van der Waals surface area contributed by atoms with Gasteiger partial charge in [0.1, 0.15) is 5.75 Å². The molecule has 1 unspecified atom stereocenters. The molecule has 0 aliphatic heterocycles. The van der Waals surface area contributed by atoms with Crippen molar-refractivity contribution in [2.24, 2.45) is 0 Å². The summed E-state index contributed by atoms with van der Waals surface area (Å²) in [4.78, 5) is 13.3. The molecule has 0 aliphatic carbocycles. The highest BCUT2D eigenvalue weighted by atomic mass is 16.5. The Morgan fingerprint density at radius 3 is 1.94 bits per heavy atom. The van der Waals surface area contributed by atoms with Crippen LogP contribution in [0.1, 0.15) is 42.6 Å². The summed E-state index contributed by atoms with van der Waals surface area (Å²) in [6, 6.07) is 11.6. The summed E-state index contributed by atoms with van der Waals surface area (Å²) in [5.74, 6) is 0.898. The summed E-state index contributed by atoms with van der Waals surface area (Å²) in [6.45, 7) is 6.89. The lowest BCUT2D eigenvalue weighted by Gasteiger charge is -2.28. The zero-order valence-corrected chi connectivity index (χ0v) is 21.2. The molecule has 0 radical (unpaired) electrons. The van der Waals surface area contributed by atoms with Gasteiger partial charge >= 0.3 is 5.97 Å². The zero-order valence-electron chi connectivity index (χ0n) is 21.2. The standard InChI is InChI=1S/C16H27NO2.C10H12O5/c1-4-17(11-5-6-12-18)14(2)13-15-7-9-16(19-3)10-8-15;1-13-7-4-6(10(11)12)5-8(14-2)9(7)15-3/h7-10,14,18H,4-6,11-13H2,1-3H3;4-5H,1-3H3,(H,11,12). The Bertz CT molecular complexity index is 830. The van der Waals surface area contributed by atoms with Gasteiger partial charge in [-0.25, -0.2) is 4.79 Å². The number of ether oxygens (including phenoxy) is 4. The lowest BCUT2D eigenvalue weighted by Crippen LogP contribution is -2.35. The molecule has 2 aromatic carbocycles. The van der Waals surface area contributed by atoms with Gasteiger partial charge in [-0.1, -0.05) is 19.1 Å². The van der Waals surface area contributed by atoms with Gasteiger partial charge in [-0.15, -0.1) is 0 Å². The van der Waals surface area contributed by atoms with E-state index in [1.54, 1.807) is 7.11 Å². The van der Waals surface area contributed by atoms with Crippen LogP contribution in [0.25, 0.3) is 0 Å². The first-order chi connectivity index (χ1) is 16.3. The molecule has 2 N–H and O–H groups in total. The molecular weight excluding hydrogens is 438 g/mol. The Kier molecular flexibility index (Phi) is 13.5. The molecule has 0 fully saturated rings. The molecule has 8 nitrogen and oxygen atoms in total. The lowest BCUT2D eigenvalue weighted by molar-refractivity contribution is 0.0696. The summed E-state index contributed by atoms with van der Waals surface area (Å²) in [5, 5.41) is 17.7. The average Bonchev–Trinajstić information content (AvgIpc) is 2.86. The second-order valence-corrected chi connectivity index (χ2v) is 7.68. The summed E-state index contributed by atoms with van der Waals surface area (Å²) < 4.78 is 20.2. The highest BCUT2D eigenvalue weighted by molar-refractivity contribution is 5.89. The number of hydrogen-bond acceptors (Lipinski definition) is 7. The zero-order chi connectivity index (χ0) is 25.5. The monoisotopic (exact) mass is 477 g/mol. The van der Waals surface area contributed by atoms with Crippen molar-refractivity contribution >= 4 is 5.97 Å². The van der Waals surface area contributed by atoms with E-state index in [-0.39, 0.29) is 5.56 Å². The maximum Gasteiger partial charge on any atom is 0.335 e. The van der Waals surface area contributed by atoms with Crippen LogP contribution in [0.3, 0.4) is 0 Å². The Balaban J connectivity index is 0.000000350. The molecule has 2 rings (SSSR count). The molecule has 0 aliphatic rings. The molecular formula is C26H39NO7. The van der Waals surface area contributed by atoms with Crippen molar-refractivity contribution in [1.29, 1.82) is 0 Å². The van der Waals surface area contributed by atoms with Crippen molar-refractivity contribution in [2.75, 3.05) is 48.1 Å². The number of benzene rings is 2. The Morgan fingerprint density at radius 2 is 1.53 bits per heavy atom. The normalized spacial score (nSPS) is 11.3. The highest BCUT2D eigenvalue weighted by Gasteiger charge is 2.16. The molecule has 0 amide bonds. The molecule has 0 aromatic heterocycles. The summed E-state index contributed by atoms with van der Waals surface area (Å²) >= 11 is 0. The van der Waals surface area contributed by atoms with Crippen molar-refractivity contribution in [1.82, 2.24) is 4.90 Å². The van der Waals surface area contributed by atoms with E-state index in [0.29, 0.717) is 29.9 Å². The lowest BCUT2D eigenvalue weighted by atomic mass is 10.1. The van der Waals surface area contributed by atoms with Crippen LogP contribution < -0.4 is 18.9 Å². The third-order valence-corrected chi connectivity index (χ3v) is 5.48. The molecule has 190 valence electrons. The first kappa shape index (κ1) is 29.1. The van der Waals surface area contributed by atoms with Crippen molar-refractivity contribution in [2.45, 2.75) is 39.2 Å². The van der Waals surface area contributed by atoms with Crippen LogP contribution in [-0.2, 0) is 6.42 Å². The van der Waals surface area contributed by atoms with Gasteiger partial charge in [-0.3, -0.25) is 0 Å². The van der Waals surface area contributed by atoms with Gasteiger partial charge in [-0.2, -0.15) is 0 Å². The van der Waals surface area contributed by atoms with Crippen molar-refractivity contribution in [3.63, 3.8) is 0 Å². The number of rotatable bonds is 13. The van der Waals surface area contributed by atoms with Crippen LogP contribution in [0.5, 0.6) is 23.0 Å². The first-order valence-corrected chi connectivity index (χ1v) is 11.4. The van der Waals surface area contributed by atoms with E-state index in [4.69, 9.17) is 29.2 Å². The van der Waals surface area contributed by atoms with Crippen LogP contribution in [0.2, 0.25) is 0 Å². The third-order valence-electron chi connectivity index (χ3n) is 5.48. The average molecular weight is 478 g/mol. The van der Waals surface area contributed by atoms with E-state index in [2.05, 4.69) is 30.9 Å². The number of carbonyl (C=O) groups is 1. The largest absolute Gasteiger partial charge is 0.497 e. The van der Waals surface area contributed by atoms with E-state index < -0.39 is 5.97 Å². The summed E-state index contributed by atoms with van der Waals surface area (Å²) in [5.41, 5.74) is 1.43. The number of carboxylic acid groups (broad SMARTS) is 1. The minimum atomic E-state index is -1.05. The molecule has 0 bridgehead atoms. The minimum Gasteiger partial charge on any atom is -0.497 e. The number of unbranched alkanes of at least 4 members (excludes halogenated alkanes) is 1. The molecule has 0 saturated heterocycles. The van der Waals surface area contributed by atoms with Gasteiger partial charge in [0, 0.05) is 12.6 Å². The Hall–Kier alpha value is -2.97. The maximum atomic E-state index is 10.8. The van der Waals surface area contributed by atoms with E-state index >= 15 is 0 Å². The van der Waals surface area contributed by atoms with Crippen molar-refractivity contribution < 1.29 is 34.0 Å². The van der Waals surface area contributed by atoms with Gasteiger partial charge < -0.3 is 34.1 Å². The fourth-order valence-electron chi connectivity index (χ4n) is 3.55. The number of likely N-dealkylation sites (N-methyl/N-ethyl adjacent to an activating group) is 1. The number of nitrogens with zero attached hydrogens (tertiary/aromatic N) is 1. The van der Waals surface area contributed by atoms with Gasteiger partial charge in [0.25, 0.3) is 0 Å².